The van der Waals surface area contributed by atoms with E-state index < -0.39 is 28.0 Å². The first-order valence-electron chi connectivity index (χ1n) is 10.8. The molecule has 9 nitrogen and oxygen atoms in total. The van der Waals surface area contributed by atoms with Crippen molar-refractivity contribution in [2.24, 2.45) is 0 Å². The minimum atomic E-state index is -3.68. The van der Waals surface area contributed by atoms with E-state index in [-0.39, 0.29) is 23.8 Å². The number of carbonyl (C=O) groups is 2. The fraction of sp³-hybridized carbons (Fsp3) is 0.391. The molecule has 0 aliphatic carbocycles. The number of benzene rings is 2. The van der Waals surface area contributed by atoms with E-state index in [1.807, 2.05) is 0 Å². The van der Waals surface area contributed by atoms with Crippen molar-refractivity contribution in [1.82, 2.24) is 9.62 Å². The number of ether oxygens (including phenoxy) is 3. The summed E-state index contributed by atoms with van der Waals surface area (Å²) in [5, 5.41) is 2.71. The molecular formula is C23H26N2O7S. The van der Waals surface area contributed by atoms with Crippen LogP contribution < -0.4 is 14.8 Å². The fourth-order valence-electron chi connectivity index (χ4n) is 3.70. The monoisotopic (exact) mass is 474 g/mol. The van der Waals surface area contributed by atoms with Crippen LogP contribution in [0.3, 0.4) is 0 Å². The quantitative estimate of drug-likeness (QED) is 0.614. The Morgan fingerprint density at radius 3 is 2.61 bits per heavy atom. The van der Waals surface area contributed by atoms with Crippen LogP contribution in [0.2, 0.25) is 0 Å². The molecule has 1 unspecified atom stereocenters. The summed E-state index contributed by atoms with van der Waals surface area (Å²) in [6.45, 7) is 2.79. The van der Waals surface area contributed by atoms with Crippen LogP contribution in [0, 0.1) is 0 Å². The van der Waals surface area contributed by atoms with Crippen molar-refractivity contribution in [2.75, 3.05) is 19.9 Å². The van der Waals surface area contributed by atoms with Gasteiger partial charge < -0.3 is 19.5 Å². The molecule has 2 aliphatic rings. The molecule has 1 saturated heterocycles. The molecule has 176 valence electrons. The molecule has 2 aromatic carbocycles. The van der Waals surface area contributed by atoms with Crippen LogP contribution >= 0.6 is 0 Å². The first-order chi connectivity index (χ1) is 15.8. The van der Waals surface area contributed by atoms with Gasteiger partial charge in [-0.2, -0.15) is 4.31 Å². The Bertz CT molecular complexity index is 1140. The standard InChI is InChI=1S/C23H26N2O7S/c1-16(22(26)24-14-17-8-9-20-21(12-17)31-15-30-20)32-23(27)18-6-5-7-19(13-18)33(28,29)25-10-3-2-4-11-25/h5-9,12-13,16H,2-4,10-11,14-15H2,1H3,(H,24,26). The average molecular weight is 475 g/mol. The molecule has 0 bridgehead atoms. The first-order valence-corrected chi connectivity index (χ1v) is 12.3. The Morgan fingerprint density at radius 1 is 1.06 bits per heavy atom. The summed E-state index contributed by atoms with van der Waals surface area (Å²) < 4.78 is 43.0. The number of sulfonamides is 1. The zero-order valence-electron chi connectivity index (χ0n) is 18.3. The van der Waals surface area contributed by atoms with Crippen molar-refractivity contribution in [3.8, 4) is 11.5 Å². The van der Waals surface area contributed by atoms with E-state index in [0.29, 0.717) is 24.6 Å². The van der Waals surface area contributed by atoms with Gasteiger partial charge in [0, 0.05) is 19.6 Å². The van der Waals surface area contributed by atoms with Gasteiger partial charge in [-0.3, -0.25) is 4.79 Å². The second-order valence-corrected chi connectivity index (χ2v) is 9.88. The number of hydrogen-bond donors (Lipinski definition) is 1. The van der Waals surface area contributed by atoms with E-state index in [1.165, 1.54) is 35.5 Å². The van der Waals surface area contributed by atoms with Gasteiger partial charge in [0.25, 0.3) is 5.91 Å². The highest BCUT2D eigenvalue weighted by atomic mass is 32.2. The molecule has 0 radical (unpaired) electrons. The Hall–Kier alpha value is -3.11. The predicted octanol–water partition coefficient (Wildman–Crippen LogP) is 2.45. The molecule has 0 saturated carbocycles. The zero-order chi connectivity index (χ0) is 23.4. The summed E-state index contributed by atoms with van der Waals surface area (Å²) in [7, 11) is -3.68. The molecule has 1 atom stereocenters. The first kappa shape index (κ1) is 23.1. The number of amides is 1. The lowest BCUT2D eigenvalue weighted by Crippen LogP contribution is -2.36. The van der Waals surface area contributed by atoms with E-state index >= 15 is 0 Å². The lowest BCUT2D eigenvalue weighted by Gasteiger charge is -2.26. The van der Waals surface area contributed by atoms with Crippen molar-refractivity contribution in [1.29, 1.82) is 0 Å². The maximum Gasteiger partial charge on any atom is 0.338 e. The van der Waals surface area contributed by atoms with Crippen LogP contribution in [0.5, 0.6) is 11.5 Å². The van der Waals surface area contributed by atoms with Crippen LogP contribution in [0.25, 0.3) is 0 Å². The highest BCUT2D eigenvalue weighted by Gasteiger charge is 2.27. The van der Waals surface area contributed by atoms with Crippen LogP contribution in [0.15, 0.2) is 47.4 Å². The highest BCUT2D eigenvalue weighted by Crippen LogP contribution is 2.32. The number of rotatable bonds is 7. The fourth-order valence-corrected chi connectivity index (χ4v) is 5.27. The van der Waals surface area contributed by atoms with E-state index in [9.17, 15) is 18.0 Å². The third-order valence-corrected chi connectivity index (χ3v) is 7.47. The zero-order valence-corrected chi connectivity index (χ0v) is 19.1. The van der Waals surface area contributed by atoms with E-state index in [0.717, 1.165) is 24.8 Å². The molecular weight excluding hydrogens is 448 g/mol. The van der Waals surface area contributed by atoms with Crippen molar-refractivity contribution < 1.29 is 32.2 Å². The molecule has 10 heteroatoms. The summed E-state index contributed by atoms with van der Waals surface area (Å²) in [6.07, 6.45) is 1.58. The lowest BCUT2D eigenvalue weighted by molar-refractivity contribution is -0.129. The molecule has 1 N–H and O–H groups in total. The molecule has 4 rings (SSSR count). The second-order valence-electron chi connectivity index (χ2n) is 7.95. The van der Waals surface area contributed by atoms with Crippen LogP contribution in [0.1, 0.15) is 42.1 Å². The van der Waals surface area contributed by atoms with Crippen LogP contribution in [-0.2, 0) is 26.1 Å². The van der Waals surface area contributed by atoms with Gasteiger partial charge >= 0.3 is 5.97 Å². The highest BCUT2D eigenvalue weighted by molar-refractivity contribution is 7.89. The van der Waals surface area contributed by atoms with E-state index in [2.05, 4.69) is 5.32 Å². The Morgan fingerprint density at radius 2 is 1.82 bits per heavy atom. The smallest absolute Gasteiger partial charge is 0.338 e. The average Bonchev–Trinajstić information content (AvgIpc) is 3.31. The Kier molecular flexibility index (Phi) is 6.85. The van der Waals surface area contributed by atoms with Gasteiger partial charge in [0.15, 0.2) is 17.6 Å². The number of carbonyl (C=O) groups excluding carboxylic acids is 2. The molecule has 33 heavy (non-hydrogen) atoms. The van der Waals surface area contributed by atoms with Crippen molar-refractivity contribution in [3.63, 3.8) is 0 Å². The van der Waals surface area contributed by atoms with Gasteiger partial charge in [0.1, 0.15) is 0 Å². The maximum absolute atomic E-state index is 12.9. The van der Waals surface area contributed by atoms with Gasteiger partial charge in [-0.1, -0.05) is 18.6 Å². The van der Waals surface area contributed by atoms with E-state index in [4.69, 9.17) is 14.2 Å². The van der Waals surface area contributed by atoms with Gasteiger partial charge in [0.05, 0.1) is 10.5 Å². The number of piperidine rings is 1. The summed E-state index contributed by atoms with van der Waals surface area (Å²) in [6, 6.07) is 11.1. The number of hydrogen-bond acceptors (Lipinski definition) is 7. The van der Waals surface area contributed by atoms with Gasteiger partial charge in [-0.05, 0) is 55.7 Å². The Labute approximate surface area is 192 Å². The summed E-state index contributed by atoms with van der Waals surface area (Å²) in [4.78, 5) is 25.0. The normalized spacial score (nSPS) is 16.8. The largest absolute Gasteiger partial charge is 0.454 e. The Balaban J connectivity index is 1.35. The summed E-state index contributed by atoms with van der Waals surface area (Å²) in [5.41, 5.74) is 0.880. The van der Waals surface area contributed by atoms with Gasteiger partial charge in [-0.25, -0.2) is 13.2 Å². The predicted molar refractivity (Wildman–Crippen MR) is 118 cm³/mol. The lowest BCUT2D eigenvalue weighted by atomic mass is 10.2. The topological polar surface area (TPSA) is 111 Å². The molecule has 0 aromatic heterocycles. The van der Waals surface area contributed by atoms with E-state index in [1.54, 1.807) is 18.2 Å². The number of nitrogens with zero attached hydrogens (tertiary/aromatic N) is 1. The summed E-state index contributed by atoms with van der Waals surface area (Å²) in [5.74, 6) is 0.0204. The molecule has 2 aliphatic heterocycles. The second kappa shape index (κ2) is 9.80. The third-order valence-electron chi connectivity index (χ3n) is 5.58. The van der Waals surface area contributed by atoms with Crippen LogP contribution in [0.4, 0.5) is 0 Å². The third kappa shape index (κ3) is 5.28. The number of nitrogens with one attached hydrogen (secondary N) is 1. The van der Waals surface area contributed by atoms with Crippen LogP contribution in [-0.4, -0.2) is 50.6 Å². The molecule has 2 aromatic rings. The molecule has 1 amide bonds. The maximum atomic E-state index is 12.9. The van der Waals surface area contributed by atoms with Gasteiger partial charge in [-0.15, -0.1) is 0 Å². The molecule has 1 fully saturated rings. The van der Waals surface area contributed by atoms with Crippen molar-refractivity contribution in [3.05, 3.63) is 53.6 Å². The summed E-state index contributed by atoms with van der Waals surface area (Å²) >= 11 is 0. The van der Waals surface area contributed by atoms with Crippen molar-refractivity contribution in [2.45, 2.75) is 43.7 Å². The molecule has 2 heterocycles. The number of esters is 1. The number of fused-ring (bicyclic) bond motifs is 1. The van der Waals surface area contributed by atoms with Crippen molar-refractivity contribution >= 4 is 21.9 Å². The van der Waals surface area contributed by atoms with Gasteiger partial charge in [0.2, 0.25) is 16.8 Å². The SMILES string of the molecule is CC(OC(=O)c1cccc(S(=O)(=O)N2CCCCC2)c1)C(=O)NCc1ccc2c(c1)OCO2. The minimum absolute atomic E-state index is 0.0405. The molecule has 0 spiro atoms. The minimum Gasteiger partial charge on any atom is -0.454 e.